The van der Waals surface area contributed by atoms with E-state index in [1.165, 1.54) is 4.57 Å². The summed E-state index contributed by atoms with van der Waals surface area (Å²) in [6, 6.07) is 23.4. The first kappa shape index (κ1) is 24.4. The third-order valence-corrected chi connectivity index (χ3v) is 6.31. The molecule has 5 aromatic rings. The number of imidazole rings is 2. The molecule has 0 aliphatic rings. The monoisotopic (exact) mass is 516 g/mol. The van der Waals surface area contributed by atoms with Gasteiger partial charge >= 0.3 is 5.69 Å². The van der Waals surface area contributed by atoms with Gasteiger partial charge in [-0.25, -0.2) is 9.78 Å². The molecule has 0 radical (unpaired) electrons. The number of nitrogens with one attached hydrogen (secondary N) is 2. The summed E-state index contributed by atoms with van der Waals surface area (Å²) in [4.78, 5) is 23.9. The summed E-state index contributed by atoms with van der Waals surface area (Å²) < 4.78 is 6.73. The van der Waals surface area contributed by atoms with Crippen molar-refractivity contribution in [1.29, 1.82) is 0 Å². The molecule has 1 atom stereocenters. The zero-order chi connectivity index (χ0) is 25.8. The van der Waals surface area contributed by atoms with Gasteiger partial charge in [-0.3, -0.25) is 4.57 Å². The van der Waals surface area contributed by atoms with Gasteiger partial charge in [0, 0.05) is 17.0 Å². The second kappa shape index (κ2) is 10.8. The van der Waals surface area contributed by atoms with Crippen LogP contribution in [0.5, 0.6) is 11.6 Å². The van der Waals surface area contributed by atoms with Gasteiger partial charge in [-0.1, -0.05) is 54.1 Å². The molecule has 0 saturated carbocycles. The van der Waals surface area contributed by atoms with Crippen molar-refractivity contribution < 1.29 is 14.9 Å². The van der Waals surface area contributed by atoms with Crippen molar-refractivity contribution in [2.45, 2.75) is 12.5 Å². The molecule has 0 fully saturated rings. The van der Waals surface area contributed by atoms with Gasteiger partial charge in [-0.15, -0.1) is 0 Å². The number of aliphatic hydroxyl groups excluding tert-OH is 1. The number of nitrogens with zero attached hydrogens (tertiary/aromatic N) is 2. The zero-order valence-corrected chi connectivity index (χ0v) is 20.5. The highest BCUT2D eigenvalue weighted by Gasteiger charge is 2.26. The predicted molar refractivity (Wildman–Crippen MR) is 142 cm³/mol. The van der Waals surface area contributed by atoms with Crippen molar-refractivity contribution in [2.24, 2.45) is 0 Å². The molecule has 2 aromatic heterocycles. The van der Waals surface area contributed by atoms with Gasteiger partial charge in [0.05, 0.1) is 18.5 Å². The number of H-pyrrole nitrogens is 2. The van der Waals surface area contributed by atoms with E-state index in [0.717, 1.165) is 16.8 Å². The Balaban J connectivity index is 1.54. The molecule has 5 rings (SSSR count). The third kappa shape index (κ3) is 5.30. The van der Waals surface area contributed by atoms with E-state index in [1.54, 1.807) is 42.6 Å². The second-order valence-electron chi connectivity index (χ2n) is 8.49. The first-order valence-corrected chi connectivity index (χ1v) is 12.1. The molecule has 0 aliphatic heterocycles. The lowest BCUT2D eigenvalue weighted by Crippen LogP contribution is -2.25. The van der Waals surface area contributed by atoms with Gasteiger partial charge in [0.2, 0.25) is 5.88 Å². The molecular formula is C28H25ClN4O4. The Morgan fingerprint density at radius 2 is 1.65 bits per heavy atom. The first-order valence-electron chi connectivity index (χ1n) is 11.8. The van der Waals surface area contributed by atoms with Gasteiger partial charge in [0.1, 0.15) is 29.9 Å². The van der Waals surface area contributed by atoms with E-state index in [-0.39, 0.29) is 19.1 Å². The van der Waals surface area contributed by atoms with Crippen LogP contribution in [0, 0.1) is 0 Å². The molecule has 8 nitrogen and oxygen atoms in total. The molecule has 0 aliphatic carbocycles. The molecule has 9 heteroatoms. The number of aliphatic hydroxyl groups is 1. The zero-order valence-electron chi connectivity index (χ0n) is 19.8. The van der Waals surface area contributed by atoms with Crippen LogP contribution in [0.2, 0.25) is 5.02 Å². The first-order chi connectivity index (χ1) is 18.0. The van der Waals surface area contributed by atoms with Crippen LogP contribution >= 0.6 is 11.6 Å². The number of rotatable bonds is 9. The Morgan fingerprint density at radius 1 is 0.946 bits per heavy atom. The molecule has 0 saturated heterocycles. The lowest BCUT2D eigenvalue weighted by atomic mass is 10.0. The Bertz CT molecular complexity index is 1520. The fourth-order valence-electron chi connectivity index (χ4n) is 4.24. The van der Waals surface area contributed by atoms with Crippen molar-refractivity contribution in [2.75, 3.05) is 13.2 Å². The minimum Gasteiger partial charge on any atom is -0.493 e. The lowest BCUT2D eigenvalue weighted by molar-refractivity contribution is 0.201. The highest BCUT2D eigenvalue weighted by Crippen LogP contribution is 2.33. The third-order valence-electron chi connectivity index (χ3n) is 6.06. The Labute approximate surface area is 217 Å². The lowest BCUT2D eigenvalue weighted by Gasteiger charge is -2.17. The molecule has 0 unspecified atom stereocenters. The minimum atomic E-state index is -0.604. The van der Waals surface area contributed by atoms with Gasteiger partial charge in [0.15, 0.2) is 0 Å². The number of hydrogen-bond donors (Lipinski definition) is 4. The average molecular weight is 517 g/mol. The summed E-state index contributed by atoms with van der Waals surface area (Å²) in [5.41, 5.74) is 3.10. The fraction of sp³-hybridized carbons (Fsp3) is 0.143. The van der Waals surface area contributed by atoms with E-state index in [0.29, 0.717) is 34.3 Å². The molecule has 0 amide bonds. The van der Waals surface area contributed by atoms with Crippen molar-refractivity contribution in [3.05, 3.63) is 112 Å². The van der Waals surface area contributed by atoms with Gasteiger partial charge in [0.25, 0.3) is 0 Å². The molecule has 4 N–H and O–H groups in total. The van der Waals surface area contributed by atoms with Crippen LogP contribution < -0.4 is 10.4 Å². The van der Waals surface area contributed by atoms with Gasteiger partial charge in [-0.05, 0) is 47.5 Å². The van der Waals surface area contributed by atoms with E-state index < -0.39 is 11.7 Å². The standard InChI is InChI=1S/C28H25ClN4O4/c29-21-10-6-19(7-11-21)23-17-30-26(31-23)24(16-18-4-2-1-3-5-18)33-27(35)25(32-28(33)36)20-8-12-22(13-9-20)37-15-14-34/h1-13,17,24,34-35H,14-16H2,(H,30,31)(H,32,36)/t24-/m1/s1. The smallest absolute Gasteiger partial charge is 0.329 e. The average Bonchev–Trinajstić information content (AvgIpc) is 3.52. The molecule has 0 bridgehead atoms. The summed E-state index contributed by atoms with van der Waals surface area (Å²) >= 11 is 6.03. The molecule has 2 heterocycles. The van der Waals surface area contributed by atoms with E-state index in [4.69, 9.17) is 21.4 Å². The molecule has 37 heavy (non-hydrogen) atoms. The quantitative estimate of drug-likeness (QED) is 0.225. The molecule has 3 aromatic carbocycles. The van der Waals surface area contributed by atoms with Crippen LogP contribution in [0.1, 0.15) is 17.4 Å². The van der Waals surface area contributed by atoms with Crippen LogP contribution in [-0.4, -0.2) is 42.9 Å². The topological polar surface area (TPSA) is 116 Å². The molecule has 188 valence electrons. The van der Waals surface area contributed by atoms with Crippen molar-refractivity contribution in [3.8, 4) is 34.1 Å². The summed E-state index contributed by atoms with van der Waals surface area (Å²) in [5.74, 6) is 0.912. The number of aromatic amines is 2. The van der Waals surface area contributed by atoms with Crippen LogP contribution in [0.4, 0.5) is 0 Å². The van der Waals surface area contributed by atoms with Crippen LogP contribution in [-0.2, 0) is 6.42 Å². The number of ether oxygens (including phenoxy) is 1. The maximum Gasteiger partial charge on any atom is 0.329 e. The van der Waals surface area contributed by atoms with Gasteiger partial charge < -0.3 is 24.9 Å². The summed E-state index contributed by atoms with van der Waals surface area (Å²) in [7, 11) is 0. The van der Waals surface area contributed by atoms with Crippen LogP contribution in [0.3, 0.4) is 0 Å². The summed E-state index contributed by atoms with van der Waals surface area (Å²) in [6.45, 7) is 0.0914. The van der Waals surface area contributed by atoms with E-state index in [1.807, 2.05) is 42.5 Å². The Hall–Kier alpha value is -4.27. The highest BCUT2D eigenvalue weighted by molar-refractivity contribution is 6.30. The second-order valence-corrected chi connectivity index (χ2v) is 8.93. The number of hydrogen-bond acceptors (Lipinski definition) is 5. The summed E-state index contributed by atoms with van der Waals surface area (Å²) in [5, 5.41) is 20.8. The number of halogens is 1. The van der Waals surface area contributed by atoms with E-state index in [2.05, 4.69) is 15.0 Å². The Morgan fingerprint density at radius 3 is 2.35 bits per heavy atom. The van der Waals surface area contributed by atoms with Crippen LogP contribution in [0.25, 0.3) is 22.5 Å². The van der Waals surface area contributed by atoms with Crippen LogP contribution in [0.15, 0.2) is 89.9 Å². The van der Waals surface area contributed by atoms with Crippen molar-refractivity contribution in [1.82, 2.24) is 19.5 Å². The molecule has 0 spiro atoms. The van der Waals surface area contributed by atoms with E-state index in [9.17, 15) is 9.90 Å². The number of benzene rings is 3. The number of aromatic nitrogens is 4. The summed E-state index contributed by atoms with van der Waals surface area (Å²) in [6.07, 6.45) is 2.13. The predicted octanol–water partition coefficient (Wildman–Crippen LogP) is 4.80. The molecular weight excluding hydrogens is 492 g/mol. The maximum atomic E-state index is 13.2. The largest absolute Gasteiger partial charge is 0.493 e. The normalized spacial score (nSPS) is 11.9. The fourth-order valence-corrected chi connectivity index (χ4v) is 4.37. The van der Waals surface area contributed by atoms with E-state index >= 15 is 0 Å². The van der Waals surface area contributed by atoms with Crippen molar-refractivity contribution in [3.63, 3.8) is 0 Å². The highest BCUT2D eigenvalue weighted by atomic mass is 35.5. The Kier molecular flexibility index (Phi) is 7.11. The number of aromatic hydroxyl groups is 1. The SMILES string of the molecule is O=c1[nH]c(-c2ccc(OCCO)cc2)c(O)n1[C@H](Cc1ccccc1)c1ncc(-c2ccc(Cl)cc2)[nH]1. The van der Waals surface area contributed by atoms with Crippen molar-refractivity contribution >= 4 is 11.6 Å². The minimum absolute atomic E-state index is 0.0893. The maximum absolute atomic E-state index is 13.2. The van der Waals surface area contributed by atoms with Gasteiger partial charge in [-0.2, -0.15) is 0 Å².